The van der Waals surface area contributed by atoms with E-state index in [2.05, 4.69) is 15.9 Å². The smallest absolute Gasteiger partial charge is 0.252 e. The fourth-order valence-electron chi connectivity index (χ4n) is 2.81. The number of carbonyl (C=O) groups is 1. The van der Waals surface area contributed by atoms with Crippen LogP contribution in [0.3, 0.4) is 0 Å². The molecule has 1 amide bonds. The average molecular weight is 345 g/mol. The first-order valence-electron chi connectivity index (χ1n) is 6.51. The molecule has 0 bridgehead atoms. The molecule has 0 radical (unpaired) electrons. The van der Waals surface area contributed by atoms with Crippen molar-refractivity contribution in [2.45, 2.75) is 31.4 Å². The Balaban J connectivity index is 1.72. The van der Waals surface area contributed by atoms with Crippen molar-refractivity contribution in [2.24, 2.45) is 0 Å². The summed E-state index contributed by atoms with van der Waals surface area (Å²) in [7, 11) is 0. The summed E-state index contributed by atoms with van der Waals surface area (Å²) in [5.41, 5.74) is 1.03. The predicted molar refractivity (Wildman–Crippen MR) is 77.3 cm³/mol. The van der Waals surface area contributed by atoms with Crippen LogP contribution in [0.15, 0.2) is 22.7 Å². The highest BCUT2D eigenvalue weighted by Crippen LogP contribution is 2.27. The van der Waals surface area contributed by atoms with Gasteiger partial charge in [0, 0.05) is 17.4 Å². The maximum atomic E-state index is 12.3. The topological polar surface area (TPSA) is 29.5 Å². The lowest BCUT2D eigenvalue weighted by Gasteiger charge is -2.34. The average Bonchev–Trinajstić information content (AvgIpc) is 2.86. The summed E-state index contributed by atoms with van der Waals surface area (Å²) in [4.78, 5) is 14.3. The standard InChI is InChI=1S/C14H15BrClNO2/c15-11-4-3-9(6-12(11)16)7-13-14(18)17-5-1-2-10(17)8-19-13/h3-4,6,10,13H,1-2,5,7-8H2/t10-,13?/m0/s1. The molecule has 102 valence electrons. The molecule has 5 heteroatoms. The van der Waals surface area contributed by atoms with E-state index in [9.17, 15) is 4.79 Å². The van der Waals surface area contributed by atoms with E-state index < -0.39 is 0 Å². The van der Waals surface area contributed by atoms with Crippen molar-refractivity contribution >= 4 is 33.4 Å². The fourth-order valence-corrected chi connectivity index (χ4v) is 3.26. The number of hydrogen-bond acceptors (Lipinski definition) is 2. The van der Waals surface area contributed by atoms with Crippen LogP contribution in [0.25, 0.3) is 0 Å². The minimum absolute atomic E-state index is 0.132. The molecule has 1 unspecified atom stereocenters. The van der Waals surface area contributed by atoms with Gasteiger partial charge in [-0.2, -0.15) is 0 Å². The second-order valence-corrected chi connectivity index (χ2v) is 6.36. The Hall–Kier alpha value is -0.580. The Morgan fingerprint density at radius 1 is 1.47 bits per heavy atom. The molecule has 2 fully saturated rings. The number of hydrogen-bond donors (Lipinski definition) is 0. The van der Waals surface area contributed by atoms with E-state index in [1.165, 1.54) is 0 Å². The predicted octanol–water partition coefficient (Wildman–Crippen LogP) is 3.03. The van der Waals surface area contributed by atoms with Gasteiger partial charge in [-0.3, -0.25) is 4.79 Å². The largest absolute Gasteiger partial charge is 0.366 e. The van der Waals surface area contributed by atoms with Crippen LogP contribution < -0.4 is 0 Å². The van der Waals surface area contributed by atoms with E-state index >= 15 is 0 Å². The molecular formula is C14H15BrClNO2. The Morgan fingerprint density at radius 2 is 2.32 bits per heavy atom. The molecular weight excluding hydrogens is 330 g/mol. The van der Waals surface area contributed by atoms with Gasteiger partial charge >= 0.3 is 0 Å². The molecule has 3 rings (SSSR count). The number of ether oxygens (including phenoxy) is 1. The minimum Gasteiger partial charge on any atom is -0.366 e. The number of benzene rings is 1. The molecule has 2 heterocycles. The van der Waals surface area contributed by atoms with Gasteiger partial charge in [0.2, 0.25) is 0 Å². The highest BCUT2D eigenvalue weighted by atomic mass is 79.9. The molecule has 2 aliphatic heterocycles. The molecule has 1 aromatic carbocycles. The van der Waals surface area contributed by atoms with Gasteiger partial charge in [0.25, 0.3) is 5.91 Å². The third-order valence-electron chi connectivity index (χ3n) is 3.83. The summed E-state index contributed by atoms with van der Waals surface area (Å²) in [5, 5.41) is 0.666. The summed E-state index contributed by atoms with van der Waals surface area (Å²) in [5.74, 6) is 0.132. The van der Waals surface area contributed by atoms with Crippen molar-refractivity contribution in [1.82, 2.24) is 4.90 Å². The Kier molecular flexibility index (Phi) is 3.83. The molecule has 1 aromatic rings. The highest BCUT2D eigenvalue weighted by Gasteiger charge is 2.38. The zero-order valence-electron chi connectivity index (χ0n) is 10.4. The second-order valence-electron chi connectivity index (χ2n) is 5.10. The lowest BCUT2D eigenvalue weighted by molar-refractivity contribution is -0.156. The van der Waals surface area contributed by atoms with Crippen molar-refractivity contribution in [3.63, 3.8) is 0 Å². The van der Waals surface area contributed by atoms with Crippen LogP contribution in [0.2, 0.25) is 5.02 Å². The Labute approximate surface area is 126 Å². The van der Waals surface area contributed by atoms with Gasteiger partial charge in [-0.15, -0.1) is 0 Å². The third-order valence-corrected chi connectivity index (χ3v) is 5.06. The number of amides is 1. The van der Waals surface area contributed by atoms with Gasteiger partial charge in [0.15, 0.2) is 0 Å². The van der Waals surface area contributed by atoms with Crippen LogP contribution in [-0.2, 0) is 16.0 Å². The first kappa shape index (κ1) is 13.4. The summed E-state index contributed by atoms with van der Waals surface area (Å²) in [6.45, 7) is 1.55. The molecule has 2 aliphatic rings. The van der Waals surface area contributed by atoms with Crippen molar-refractivity contribution in [3.8, 4) is 0 Å². The minimum atomic E-state index is -0.355. The number of rotatable bonds is 2. The zero-order chi connectivity index (χ0) is 13.4. The molecule has 0 spiro atoms. The number of morpholine rings is 1. The number of halogens is 2. The van der Waals surface area contributed by atoms with E-state index in [1.54, 1.807) is 0 Å². The monoisotopic (exact) mass is 343 g/mol. The first-order chi connectivity index (χ1) is 9.15. The van der Waals surface area contributed by atoms with Gasteiger partial charge < -0.3 is 9.64 Å². The van der Waals surface area contributed by atoms with Gasteiger partial charge in [-0.05, 0) is 46.5 Å². The van der Waals surface area contributed by atoms with Gasteiger partial charge in [-0.1, -0.05) is 17.7 Å². The molecule has 19 heavy (non-hydrogen) atoms. The maximum absolute atomic E-state index is 12.3. The van der Waals surface area contributed by atoms with Crippen molar-refractivity contribution in [1.29, 1.82) is 0 Å². The van der Waals surface area contributed by atoms with Crippen molar-refractivity contribution in [2.75, 3.05) is 13.2 Å². The molecule has 3 nitrogen and oxygen atoms in total. The summed E-state index contributed by atoms with van der Waals surface area (Å²) in [6.07, 6.45) is 2.40. The third kappa shape index (κ3) is 2.67. The molecule has 0 aromatic heterocycles. The summed E-state index contributed by atoms with van der Waals surface area (Å²) >= 11 is 9.44. The van der Waals surface area contributed by atoms with Gasteiger partial charge in [-0.25, -0.2) is 0 Å². The van der Waals surface area contributed by atoms with Gasteiger partial charge in [0.05, 0.1) is 17.7 Å². The SMILES string of the molecule is O=C1C(Cc2ccc(Br)c(Cl)c2)OC[C@@H]2CCCN12. The second kappa shape index (κ2) is 5.43. The van der Waals surface area contributed by atoms with Crippen LogP contribution in [0.1, 0.15) is 18.4 Å². The Morgan fingerprint density at radius 3 is 3.11 bits per heavy atom. The number of carbonyl (C=O) groups excluding carboxylic acids is 1. The van der Waals surface area contributed by atoms with Crippen LogP contribution in [-0.4, -0.2) is 36.1 Å². The molecule has 2 atom stereocenters. The van der Waals surface area contributed by atoms with Crippen LogP contribution in [0, 0.1) is 0 Å². The quantitative estimate of drug-likeness (QED) is 0.825. The van der Waals surface area contributed by atoms with Crippen LogP contribution in [0.5, 0.6) is 0 Å². The molecule has 2 saturated heterocycles. The lowest BCUT2D eigenvalue weighted by atomic mass is 10.0. The lowest BCUT2D eigenvalue weighted by Crippen LogP contribution is -2.51. The van der Waals surface area contributed by atoms with E-state index in [1.807, 2.05) is 23.1 Å². The van der Waals surface area contributed by atoms with Gasteiger partial charge in [0.1, 0.15) is 6.10 Å². The van der Waals surface area contributed by atoms with Crippen LogP contribution >= 0.6 is 27.5 Å². The molecule has 0 saturated carbocycles. The van der Waals surface area contributed by atoms with Crippen molar-refractivity contribution in [3.05, 3.63) is 33.3 Å². The van der Waals surface area contributed by atoms with E-state index in [-0.39, 0.29) is 12.0 Å². The number of fused-ring (bicyclic) bond motifs is 1. The van der Waals surface area contributed by atoms with E-state index in [4.69, 9.17) is 16.3 Å². The molecule has 0 aliphatic carbocycles. The van der Waals surface area contributed by atoms with Crippen LogP contribution in [0.4, 0.5) is 0 Å². The zero-order valence-corrected chi connectivity index (χ0v) is 12.8. The highest BCUT2D eigenvalue weighted by molar-refractivity contribution is 9.10. The Bertz CT molecular complexity index is 508. The maximum Gasteiger partial charge on any atom is 0.252 e. The first-order valence-corrected chi connectivity index (χ1v) is 7.68. The van der Waals surface area contributed by atoms with E-state index in [0.717, 1.165) is 29.4 Å². The number of nitrogens with zero attached hydrogens (tertiary/aromatic N) is 1. The van der Waals surface area contributed by atoms with E-state index in [0.29, 0.717) is 24.1 Å². The summed E-state index contributed by atoms with van der Waals surface area (Å²) < 4.78 is 6.60. The fraction of sp³-hybridized carbons (Fsp3) is 0.500. The molecule has 0 N–H and O–H groups in total. The normalized spacial score (nSPS) is 26.6. The summed E-state index contributed by atoms with van der Waals surface area (Å²) in [6, 6.07) is 6.07. The van der Waals surface area contributed by atoms with Crippen molar-refractivity contribution < 1.29 is 9.53 Å².